The van der Waals surface area contributed by atoms with Crippen LogP contribution in [-0.4, -0.2) is 46.1 Å². The van der Waals surface area contributed by atoms with Crippen LogP contribution in [-0.2, 0) is 6.42 Å². The number of hydrogen-bond donors (Lipinski definition) is 2. The van der Waals surface area contributed by atoms with E-state index in [0.717, 1.165) is 37.3 Å². The molecule has 136 valence electrons. The normalized spacial score (nSPS) is 17.0. The molecule has 1 aromatic carbocycles. The summed E-state index contributed by atoms with van der Waals surface area (Å²) in [4.78, 5) is 34.3. The van der Waals surface area contributed by atoms with Crippen molar-refractivity contribution in [2.24, 2.45) is 0 Å². The first kappa shape index (κ1) is 17.8. The Bertz CT molecular complexity index is 809. The summed E-state index contributed by atoms with van der Waals surface area (Å²) in [5.74, 6) is -0.417. The Morgan fingerprint density at radius 3 is 2.85 bits per heavy atom. The molecule has 2 N–H and O–H groups in total. The van der Waals surface area contributed by atoms with E-state index in [4.69, 9.17) is 5.11 Å². The molecule has 1 aliphatic rings. The van der Waals surface area contributed by atoms with E-state index in [1.165, 1.54) is 12.1 Å². The van der Waals surface area contributed by atoms with E-state index in [1.807, 2.05) is 6.07 Å². The number of hydrogen-bond acceptors (Lipinski definition) is 5. The minimum atomic E-state index is -1.04. The van der Waals surface area contributed by atoms with Gasteiger partial charge in [-0.15, -0.1) is 0 Å². The lowest BCUT2D eigenvalue weighted by molar-refractivity contribution is 0.0697. The lowest BCUT2D eigenvalue weighted by Gasteiger charge is -2.34. The van der Waals surface area contributed by atoms with Gasteiger partial charge in [0.05, 0.1) is 5.56 Å². The number of carboxylic acid groups (broad SMARTS) is 1. The Balaban J connectivity index is 1.67. The van der Waals surface area contributed by atoms with Crippen molar-refractivity contribution in [2.75, 3.05) is 18.0 Å². The van der Waals surface area contributed by atoms with Gasteiger partial charge in [0, 0.05) is 36.5 Å². The number of piperidine rings is 1. The van der Waals surface area contributed by atoms with Gasteiger partial charge in [-0.2, -0.15) is 0 Å². The predicted octanol–water partition coefficient (Wildman–Crippen LogP) is 2.14. The van der Waals surface area contributed by atoms with Crippen LogP contribution < -0.4 is 10.2 Å². The molecule has 7 heteroatoms. The molecule has 0 spiro atoms. The van der Waals surface area contributed by atoms with E-state index in [2.05, 4.69) is 27.1 Å². The molecule has 0 aliphatic carbocycles. The fraction of sp³-hybridized carbons (Fsp3) is 0.368. The van der Waals surface area contributed by atoms with Gasteiger partial charge in [0.1, 0.15) is 12.1 Å². The number of nitrogens with one attached hydrogen (secondary N) is 1. The van der Waals surface area contributed by atoms with Crippen molar-refractivity contribution in [3.63, 3.8) is 0 Å². The molecule has 0 bridgehead atoms. The predicted molar refractivity (Wildman–Crippen MR) is 97.5 cm³/mol. The van der Waals surface area contributed by atoms with Gasteiger partial charge in [-0.3, -0.25) is 4.79 Å². The van der Waals surface area contributed by atoms with Crippen molar-refractivity contribution in [1.82, 2.24) is 15.3 Å². The Hall–Kier alpha value is -2.96. The van der Waals surface area contributed by atoms with E-state index in [1.54, 1.807) is 18.5 Å². The zero-order valence-electron chi connectivity index (χ0n) is 14.7. The number of aromatic carboxylic acids is 1. The second-order valence-corrected chi connectivity index (χ2v) is 6.37. The molecule has 1 saturated heterocycles. The lowest BCUT2D eigenvalue weighted by Crippen LogP contribution is -2.48. The number of carbonyl (C=O) groups excluding carboxylic acids is 1. The van der Waals surface area contributed by atoms with Crippen molar-refractivity contribution < 1.29 is 14.7 Å². The van der Waals surface area contributed by atoms with E-state index >= 15 is 0 Å². The number of rotatable bonds is 5. The molecule has 2 heterocycles. The van der Waals surface area contributed by atoms with Crippen molar-refractivity contribution in [2.45, 2.75) is 32.2 Å². The highest BCUT2D eigenvalue weighted by molar-refractivity contribution is 5.97. The van der Waals surface area contributed by atoms with Crippen LogP contribution in [0.5, 0.6) is 0 Å². The molecule has 0 saturated carbocycles. The summed E-state index contributed by atoms with van der Waals surface area (Å²) < 4.78 is 0. The van der Waals surface area contributed by atoms with E-state index in [0.29, 0.717) is 12.1 Å². The van der Waals surface area contributed by atoms with Gasteiger partial charge >= 0.3 is 5.97 Å². The molecule has 7 nitrogen and oxygen atoms in total. The molecule has 1 aromatic heterocycles. The number of carbonyl (C=O) groups is 2. The Labute approximate surface area is 152 Å². The fourth-order valence-electron chi connectivity index (χ4n) is 3.12. The first-order valence-corrected chi connectivity index (χ1v) is 8.77. The van der Waals surface area contributed by atoms with Crippen LogP contribution in [0.2, 0.25) is 0 Å². The monoisotopic (exact) mass is 354 g/mol. The summed E-state index contributed by atoms with van der Waals surface area (Å²) in [5, 5.41) is 12.1. The molecule has 3 rings (SSSR count). The van der Waals surface area contributed by atoms with Gasteiger partial charge in [0.2, 0.25) is 0 Å². The first-order valence-electron chi connectivity index (χ1n) is 8.77. The smallest absolute Gasteiger partial charge is 0.335 e. The maximum atomic E-state index is 12.5. The van der Waals surface area contributed by atoms with Crippen molar-refractivity contribution in [1.29, 1.82) is 0 Å². The third-order valence-corrected chi connectivity index (χ3v) is 4.52. The maximum absolute atomic E-state index is 12.5. The number of anilines is 1. The molecular weight excluding hydrogens is 332 g/mol. The second-order valence-electron chi connectivity index (χ2n) is 6.37. The number of amides is 1. The summed E-state index contributed by atoms with van der Waals surface area (Å²) in [7, 11) is 0. The standard InChI is InChI=1S/C19H22N4O3/c1-2-15-10-17(21-12-20-15)23-8-4-7-16(11-23)22-18(24)13-5-3-6-14(9-13)19(25)26/h3,5-6,9-10,12,16H,2,4,7-8,11H2,1H3,(H,22,24)(H,25,26). The van der Waals surface area contributed by atoms with Crippen LogP contribution in [0.25, 0.3) is 0 Å². The van der Waals surface area contributed by atoms with Gasteiger partial charge in [0.25, 0.3) is 5.91 Å². The molecular formula is C19H22N4O3. The van der Waals surface area contributed by atoms with E-state index in [9.17, 15) is 9.59 Å². The van der Waals surface area contributed by atoms with Crippen LogP contribution in [0, 0.1) is 0 Å². The molecule has 2 aromatic rings. The van der Waals surface area contributed by atoms with Crippen molar-refractivity contribution in [3.8, 4) is 0 Å². The molecule has 1 aliphatic heterocycles. The average molecular weight is 354 g/mol. The molecule has 1 atom stereocenters. The van der Waals surface area contributed by atoms with Crippen LogP contribution in [0.4, 0.5) is 5.82 Å². The van der Waals surface area contributed by atoms with Gasteiger partial charge in [0.15, 0.2) is 0 Å². The number of carboxylic acids is 1. The van der Waals surface area contributed by atoms with Gasteiger partial charge < -0.3 is 15.3 Å². The summed E-state index contributed by atoms with van der Waals surface area (Å²) in [6.45, 7) is 3.61. The van der Waals surface area contributed by atoms with E-state index < -0.39 is 5.97 Å². The van der Waals surface area contributed by atoms with Gasteiger partial charge in [-0.25, -0.2) is 14.8 Å². The van der Waals surface area contributed by atoms with Gasteiger partial charge in [-0.1, -0.05) is 13.0 Å². The summed E-state index contributed by atoms with van der Waals surface area (Å²) in [6, 6.07) is 8.06. The SMILES string of the molecule is CCc1cc(N2CCCC(NC(=O)c3cccc(C(=O)O)c3)C2)ncn1. The molecule has 1 fully saturated rings. The van der Waals surface area contributed by atoms with E-state index in [-0.39, 0.29) is 17.5 Å². The first-order chi connectivity index (χ1) is 12.6. The maximum Gasteiger partial charge on any atom is 0.335 e. The van der Waals surface area contributed by atoms with Crippen LogP contribution >= 0.6 is 0 Å². The Kier molecular flexibility index (Phi) is 5.46. The zero-order chi connectivity index (χ0) is 18.5. The molecule has 26 heavy (non-hydrogen) atoms. The highest BCUT2D eigenvalue weighted by Crippen LogP contribution is 2.18. The highest BCUT2D eigenvalue weighted by Gasteiger charge is 2.23. The number of benzene rings is 1. The summed E-state index contributed by atoms with van der Waals surface area (Å²) >= 11 is 0. The highest BCUT2D eigenvalue weighted by atomic mass is 16.4. The Morgan fingerprint density at radius 1 is 1.27 bits per heavy atom. The lowest BCUT2D eigenvalue weighted by atomic mass is 10.0. The van der Waals surface area contributed by atoms with Crippen molar-refractivity contribution >= 4 is 17.7 Å². The Morgan fingerprint density at radius 2 is 2.08 bits per heavy atom. The van der Waals surface area contributed by atoms with Crippen LogP contribution in [0.3, 0.4) is 0 Å². The second kappa shape index (κ2) is 7.95. The topological polar surface area (TPSA) is 95.4 Å². The van der Waals surface area contributed by atoms with Crippen LogP contribution in [0.15, 0.2) is 36.7 Å². The minimum Gasteiger partial charge on any atom is -0.478 e. The summed E-state index contributed by atoms with van der Waals surface area (Å²) in [6.07, 6.45) is 4.26. The zero-order valence-corrected chi connectivity index (χ0v) is 14.7. The molecule has 0 radical (unpaired) electrons. The number of aryl methyl sites for hydroxylation is 1. The summed E-state index contributed by atoms with van der Waals surface area (Å²) in [5.41, 5.74) is 1.46. The fourth-order valence-corrected chi connectivity index (χ4v) is 3.12. The average Bonchev–Trinajstić information content (AvgIpc) is 2.68. The quantitative estimate of drug-likeness (QED) is 0.854. The third kappa shape index (κ3) is 4.17. The van der Waals surface area contributed by atoms with Crippen LogP contribution in [0.1, 0.15) is 46.2 Å². The van der Waals surface area contributed by atoms with Crippen molar-refractivity contribution in [3.05, 3.63) is 53.5 Å². The number of aromatic nitrogens is 2. The molecule has 1 amide bonds. The number of nitrogens with zero attached hydrogens (tertiary/aromatic N) is 3. The molecule has 1 unspecified atom stereocenters. The largest absolute Gasteiger partial charge is 0.478 e. The minimum absolute atomic E-state index is 0.00947. The van der Waals surface area contributed by atoms with Gasteiger partial charge in [-0.05, 0) is 37.5 Å². The third-order valence-electron chi connectivity index (χ3n) is 4.52.